The average molecular weight is 444 g/mol. The fourth-order valence-electron chi connectivity index (χ4n) is 4.39. The Morgan fingerprint density at radius 2 is 1.90 bits per heavy atom. The maximum atomic E-state index is 12.5. The Morgan fingerprint density at radius 3 is 2.58 bits per heavy atom. The van der Waals surface area contributed by atoms with E-state index in [1.165, 1.54) is 0 Å². The van der Waals surface area contributed by atoms with E-state index in [0.29, 0.717) is 35.5 Å². The first-order valence-corrected chi connectivity index (χ1v) is 12.0. The third-order valence-electron chi connectivity index (χ3n) is 5.81. The minimum atomic E-state index is -3.44. The molecule has 2 aromatic rings. The van der Waals surface area contributed by atoms with Gasteiger partial charge in [-0.1, -0.05) is 30.3 Å². The number of benzene rings is 1. The molecule has 1 aromatic heterocycles. The molecule has 2 aliphatic heterocycles. The third kappa shape index (κ3) is 4.71. The van der Waals surface area contributed by atoms with Crippen LogP contribution < -0.4 is 0 Å². The van der Waals surface area contributed by atoms with Crippen molar-refractivity contribution in [1.29, 1.82) is 0 Å². The van der Waals surface area contributed by atoms with Crippen LogP contribution >= 0.6 is 0 Å². The van der Waals surface area contributed by atoms with Crippen molar-refractivity contribution in [2.24, 2.45) is 0 Å². The molecule has 2 atom stereocenters. The van der Waals surface area contributed by atoms with E-state index in [9.17, 15) is 23.7 Å². The van der Waals surface area contributed by atoms with Crippen LogP contribution in [-0.2, 0) is 21.1 Å². The largest absolute Gasteiger partial charge is 0.459 e. The maximum absolute atomic E-state index is 12.5. The molecule has 3 heterocycles. The molecule has 31 heavy (non-hydrogen) atoms. The second-order valence-corrected chi connectivity index (χ2v) is 10.0. The van der Waals surface area contributed by atoms with E-state index in [4.69, 9.17) is 9.07 Å². The van der Waals surface area contributed by atoms with Crippen LogP contribution in [0.3, 0.4) is 0 Å². The third-order valence-corrected chi connectivity index (χ3v) is 7.88. The highest BCUT2D eigenvalue weighted by atomic mass is 32.2. The molecule has 1 saturated heterocycles. The normalized spacial score (nSPS) is 23.3. The molecular weight excluding hydrogens is 419 g/mol. The van der Waals surface area contributed by atoms with E-state index in [1.807, 2.05) is 36.4 Å². The second-order valence-electron chi connectivity index (χ2n) is 7.86. The van der Waals surface area contributed by atoms with Crippen molar-refractivity contribution in [3.8, 4) is 0 Å². The molecule has 1 fully saturated rings. The molecule has 0 unspecified atom stereocenters. The molecule has 0 bridgehead atoms. The first-order chi connectivity index (χ1) is 14.9. The molecule has 3 N–H and O–H groups in total. The molecule has 164 valence electrons. The minimum absolute atomic E-state index is 0.00458. The summed E-state index contributed by atoms with van der Waals surface area (Å²) in [6, 6.07) is 13.2. The lowest BCUT2D eigenvalue weighted by atomic mass is 9.74. The van der Waals surface area contributed by atoms with Gasteiger partial charge in [-0.3, -0.25) is 0 Å². The second kappa shape index (κ2) is 9.14. The van der Waals surface area contributed by atoms with Gasteiger partial charge in [0.1, 0.15) is 18.1 Å². The van der Waals surface area contributed by atoms with Gasteiger partial charge in [-0.25, -0.2) is 8.42 Å². The van der Waals surface area contributed by atoms with E-state index in [1.54, 1.807) is 12.1 Å². The highest BCUT2D eigenvalue weighted by Crippen LogP contribution is 2.40. The summed E-state index contributed by atoms with van der Waals surface area (Å²) in [7, 11) is -4.60. The van der Waals surface area contributed by atoms with Crippen LogP contribution in [0, 0.1) is 0 Å². The van der Waals surface area contributed by atoms with Crippen LogP contribution in [0.2, 0.25) is 6.32 Å². The Bertz CT molecular complexity index is 1090. The monoisotopic (exact) mass is 444 g/mol. The fourth-order valence-corrected chi connectivity index (χ4v) is 6.49. The number of fused-ring (bicyclic) bond motifs is 1. The SMILES string of the molecule is O=S1(=O)CC(CO)=C2[C@@H](CC/C(=C/c3ccc(CO)o3)c3ccccc3)OB(O)C[C@@H]21. The quantitative estimate of drug-likeness (QED) is 0.442. The van der Waals surface area contributed by atoms with E-state index in [0.717, 1.165) is 11.1 Å². The van der Waals surface area contributed by atoms with E-state index < -0.39 is 28.3 Å². The fraction of sp³-hybridized carbons (Fsp3) is 0.364. The van der Waals surface area contributed by atoms with Crippen LogP contribution in [0.15, 0.2) is 58.0 Å². The van der Waals surface area contributed by atoms with Crippen molar-refractivity contribution < 1.29 is 32.7 Å². The molecular formula is C22H25BO7S. The molecule has 7 nitrogen and oxygen atoms in total. The van der Waals surface area contributed by atoms with Crippen LogP contribution in [0.1, 0.15) is 29.9 Å². The Balaban J connectivity index is 1.62. The molecule has 0 spiro atoms. The zero-order valence-corrected chi connectivity index (χ0v) is 17.8. The minimum Gasteiger partial charge on any atom is -0.459 e. The predicted molar refractivity (Wildman–Crippen MR) is 118 cm³/mol. The Morgan fingerprint density at radius 1 is 1.13 bits per heavy atom. The number of hydrogen-bond acceptors (Lipinski definition) is 7. The molecule has 0 amide bonds. The summed E-state index contributed by atoms with van der Waals surface area (Å²) in [6.45, 7) is -0.519. The molecule has 9 heteroatoms. The van der Waals surface area contributed by atoms with Crippen molar-refractivity contribution >= 4 is 28.6 Å². The van der Waals surface area contributed by atoms with E-state index in [2.05, 4.69) is 0 Å². The van der Waals surface area contributed by atoms with Crippen LogP contribution in [0.4, 0.5) is 0 Å². The van der Waals surface area contributed by atoms with Crippen molar-refractivity contribution in [3.05, 3.63) is 70.7 Å². The molecule has 0 radical (unpaired) electrons. The van der Waals surface area contributed by atoms with Crippen LogP contribution in [-0.4, -0.2) is 54.5 Å². The average Bonchev–Trinajstić information content (AvgIpc) is 3.33. The first kappa shape index (κ1) is 22.0. The number of aliphatic hydroxyl groups is 2. The summed E-state index contributed by atoms with van der Waals surface area (Å²) < 4.78 is 36.4. The smallest absolute Gasteiger partial charge is 0.456 e. The van der Waals surface area contributed by atoms with Gasteiger partial charge in [0.15, 0.2) is 9.84 Å². The molecule has 1 aromatic carbocycles. The summed E-state index contributed by atoms with van der Waals surface area (Å²) in [5, 5.41) is 28.3. The topological polar surface area (TPSA) is 117 Å². The van der Waals surface area contributed by atoms with Gasteiger partial charge in [-0.15, -0.1) is 0 Å². The Kier molecular flexibility index (Phi) is 6.50. The van der Waals surface area contributed by atoms with Crippen molar-refractivity contribution in [3.63, 3.8) is 0 Å². The summed E-state index contributed by atoms with van der Waals surface area (Å²) in [5.74, 6) is 0.881. The van der Waals surface area contributed by atoms with Crippen molar-refractivity contribution in [2.45, 2.75) is 37.1 Å². The number of aliphatic hydroxyl groups excluding tert-OH is 2. The lowest BCUT2D eigenvalue weighted by molar-refractivity contribution is 0.169. The molecule has 2 aliphatic rings. The molecule has 0 aliphatic carbocycles. The van der Waals surface area contributed by atoms with E-state index in [-0.39, 0.29) is 25.3 Å². The highest BCUT2D eigenvalue weighted by molar-refractivity contribution is 7.92. The first-order valence-electron chi connectivity index (χ1n) is 10.2. The van der Waals surface area contributed by atoms with Crippen LogP contribution in [0.25, 0.3) is 11.6 Å². The Labute approximate surface area is 181 Å². The number of hydrogen-bond donors (Lipinski definition) is 3. The standard InChI is InChI=1S/C22H25BO7S/c24-12-17-14-31(27,28)21-11-23(26)30-20(22(17)21)9-6-16(15-4-2-1-3-5-15)10-18-7-8-19(13-25)29-18/h1-5,7-8,10,20-21,24-26H,6,9,11-14H2/b16-10-/t20-,21+/m1/s1. The van der Waals surface area contributed by atoms with Gasteiger partial charge in [0.25, 0.3) is 0 Å². The zero-order valence-electron chi connectivity index (χ0n) is 17.0. The van der Waals surface area contributed by atoms with Gasteiger partial charge in [0.2, 0.25) is 0 Å². The summed E-state index contributed by atoms with van der Waals surface area (Å²) in [5.41, 5.74) is 3.01. The van der Waals surface area contributed by atoms with Crippen molar-refractivity contribution in [1.82, 2.24) is 0 Å². The number of allylic oxidation sites excluding steroid dienone is 1. The van der Waals surface area contributed by atoms with Gasteiger partial charge in [0.05, 0.1) is 23.7 Å². The Hall–Kier alpha value is -2.17. The van der Waals surface area contributed by atoms with Gasteiger partial charge < -0.3 is 24.3 Å². The van der Waals surface area contributed by atoms with Crippen LogP contribution in [0.5, 0.6) is 0 Å². The summed E-state index contributed by atoms with van der Waals surface area (Å²) in [6.07, 6.45) is 2.26. The maximum Gasteiger partial charge on any atom is 0.456 e. The number of rotatable bonds is 7. The van der Waals surface area contributed by atoms with Gasteiger partial charge in [0, 0.05) is 6.32 Å². The zero-order chi connectivity index (χ0) is 22.0. The summed E-state index contributed by atoms with van der Waals surface area (Å²) in [4.78, 5) is 0. The highest BCUT2D eigenvalue weighted by Gasteiger charge is 2.48. The van der Waals surface area contributed by atoms with E-state index >= 15 is 0 Å². The van der Waals surface area contributed by atoms with Gasteiger partial charge in [-0.2, -0.15) is 0 Å². The van der Waals surface area contributed by atoms with Gasteiger partial charge in [-0.05, 0) is 53.3 Å². The lowest BCUT2D eigenvalue weighted by Crippen LogP contribution is -2.42. The van der Waals surface area contributed by atoms with Crippen molar-refractivity contribution in [2.75, 3.05) is 12.4 Å². The number of furan rings is 1. The predicted octanol–water partition coefficient (Wildman–Crippen LogP) is 2.06. The molecule has 4 rings (SSSR count). The molecule has 0 saturated carbocycles. The summed E-state index contributed by atoms with van der Waals surface area (Å²) >= 11 is 0. The lowest BCUT2D eigenvalue weighted by Gasteiger charge is -2.32. The van der Waals surface area contributed by atoms with Gasteiger partial charge >= 0.3 is 7.12 Å². The number of sulfone groups is 1.